The summed E-state index contributed by atoms with van der Waals surface area (Å²) in [6, 6.07) is 3.72. The maximum Gasteiger partial charge on any atom is 0.536 e. The van der Waals surface area contributed by atoms with Gasteiger partial charge >= 0.3 is 13.1 Å². The fourth-order valence-electron chi connectivity index (χ4n) is 3.36. The highest BCUT2D eigenvalue weighted by Crippen LogP contribution is 2.38. The van der Waals surface area contributed by atoms with Crippen LogP contribution < -0.4 is 4.65 Å². The second-order valence-corrected chi connectivity index (χ2v) is 9.08. The van der Waals surface area contributed by atoms with Crippen LogP contribution in [0.15, 0.2) is 17.1 Å². The minimum Gasteiger partial charge on any atom is -0.535 e. The van der Waals surface area contributed by atoms with Gasteiger partial charge in [-0.1, -0.05) is 23.9 Å². The van der Waals surface area contributed by atoms with E-state index in [4.69, 9.17) is 4.65 Å². The van der Waals surface area contributed by atoms with Crippen LogP contribution in [0.4, 0.5) is 0 Å². The minimum atomic E-state index is -1.02. The Bertz CT molecular complexity index is 739. The molecule has 1 aromatic carbocycles. The first-order valence-electron chi connectivity index (χ1n) is 8.31. The molecule has 9 heteroatoms. The van der Waals surface area contributed by atoms with Crippen LogP contribution in [0.2, 0.25) is 0 Å². The molecule has 0 radical (unpaired) electrons. The standard InChI is InChI=1S/C16H19BN2O4S2/c1-9-2-3-10-6-12(17(22)23-14(10)13(9)15(20)21)25-11-7-19(8-11)16-18-4-5-24-16/h2-3,11-12,22H,4-8H2,1H3,(H,20,21)/t12-/m0/s1. The summed E-state index contributed by atoms with van der Waals surface area (Å²) in [5.74, 6) is 0.377. The van der Waals surface area contributed by atoms with E-state index in [1.165, 1.54) is 0 Å². The first-order valence-corrected chi connectivity index (χ1v) is 10.2. The summed E-state index contributed by atoms with van der Waals surface area (Å²) >= 11 is 3.54. The van der Waals surface area contributed by atoms with Crippen molar-refractivity contribution >= 4 is 41.8 Å². The van der Waals surface area contributed by atoms with Gasteiger partial charge < -0.3 is 19.7 Å². The Labute approximate surface area is 155 Å². The molecular formula is C16H19BN2O4S2. The summed E-state index contributed by atoms with van der Waals surface area (Å²) in [5.41, 5.74) is 1.66. The molecule has 1 aromatic rings. The summed E-state index contributed by atoms with van der Waals surface area (Å²) in [6.45, 7) is 4.54. The van der Waals surface area contributed by atoms with Crippen LogP contribution in [0.3, 0.4) is 0 Å². The lowest BCUT2D eigenvalue weighted by molar-refractivity contribution is 0.0693. The van der Waals surface area contributed by atoms with E-state index < -0.39 is 13.1 Å². The number of aryl methyl sites for hydroxylation is 1. The molecule has 0 aromatic heterocycles. The number of aliphatic imine (C=N–C) groups is 1. The SMILES string of the molecule is Cc1ccc2c(c1C(=O)O)OB(O)[C@@H](SC1CN(C3=NCCS3)C1)C2. The maximum atomic E-state index is 11.5. The number of hydrogen-bond acceptors (Lipinski definition) is 7. The van der Waals surface area contributed by atoms with Crippen LogP contribution in [0.25, 0.3) is 0 Å². The van der Waals surface area contributed by atoms with E-state index in [9.17, 15) is 14.9 Å². The maximum absolute atomic E-state index is 11.5. The molecule has 0 amide bonds. The summed E-state index contributed by atoms with van der Waals surface area (Å²) < 4.78 is 5.63. The molecule has 6 nitrogen and oxygen atoms in total. The fourth-order valence-corrected chi connectivity index (χ4v) is 5.73. The van der Waals surface area contributed by atoms with Gasteiger partial charge in [0.1, 0.15) is 11.3 Å². The Morgan fingerprint density at radius 1 is 1.48 bits per heavy atom. The zero-order valence-corrected chi connectivity index (χ0v) is 15.5. The molecule has 25 heavy (non-hydrogen) atoms. The molecule has 3 aliphatic heterocycles. The highest BCUT2D eigenvalue weighted by molar-refractivity contribution is 8.14. The van der Waals surface area contributed by atoms with Crippen LogP contribution >= 0.6 is 23.5 Å². The number of amidine groups is 1. The number of thioether (sulfide) groups is 2. The van der Waals surface area contributed by atoms with Gasteiger partial charge in [-0.2, -0.15) is 11.8 Å². The van der Waals surface area contributed by atoms with Crippen molar-refractivity contribution in [2.45, 2.75) is 23.7 Å². The van der Waals surface area contributed by atoms with Crippen LogP contribution in [0.1, 0.15) is 21.5 Å². The predicted molar refractivity (Wildman–Crippen MR) is 102 cm³/mol. The number of carboxylic acids is 1. The number of hydrogen-bond donors (Lipinski definition) is 2. The number of benzene rings is 1. The number of fused-ring (bicyclic) bond motifs is 1. The van der Waals surface area contributed by atoms with Gasteiger partial charge in [-0.15, -0.1) is 0 Å². The Morgan fingerprint density at radius 3 is 2.96 bits per heavy atom. The molecule has 0 aliphatic carbocycles. The van der Waals surface area contributed by atoms with Gasteiger partial charge in [-0.3, -0.25) is 4.99 Å². The Hall–Kier alpha value is -1.32. The van der Waals surface area contributed by atoms with Crippen LogP contribution in [0.5, 0.6) is 5.75 Å². The summed E-state index contributed by atoms with van der Waals surface area (Å²) in [7, 11) is -0.982. The van der Waals surface area contributed by atoms with Crippen molar-refractivity contribution in [3.05, 3.63) is 28.8 Å². The highest BCUT2D eigenvalue weighted by Gasteiger charge is 2.41. The first-order chi connectivity index (χ1) is 12.0. The number of carboxylic acid groups (broad SMARTS) is 1. The first kappa shape index (κ1) is 17.1. The molecule has 0 unspecified atom stereocenters. The Morgan fingerprint density at radius 2 is 2.28 bits per heavy atom. The van der Waals surface area contributed by atoms with Gasteiger partial charge in [-0.05, 0) is 24.5 Å². The number of aromatic carboxylic acids is 1. The van der Waals surface area contributed by atoms with Gasteiger partial charge in [0.15, 0.2) is 5.17 Å². The predicted octanol–water partition coefficient (Wildman–Crippen LogP) is 1.54. The molecule has 2 N–H and O–H groups in total. The van der Waals surface area contributed by atoms with Crippen molar-refractivity contribution in [2.75, 3.05) is 25.4 Å². The Kier molecular flexibility index (Phi) is 4.64. The second-order valence-electron chi connectivity index (χ2n) is 6.48. The number of rotatable bonds is 3. The lowest BCUT2D eigenvalue weighted by Crippen LogP contribution is -2.53. The van der Waals surface area contributed by atoms with Gasteiger partial charge in [0.05, 0.1) is 11.7 Å². The third-order valence-corrected chi connectivity index (χ3v) is 7.16. The molecule has 0 bridgehead atoms. The smallest absolute Gasteiger partial charge is 0.535 e. The van der Waals surface area contributed by atoms with Crippen molar-refractivity contribution in [1.29, 1.82) is 0 Å². The van der Waals surface area contributed by atoms with Crippen LogP contribution in [-0.2, 0) is 6.42 Å². The third-order valence-electron chi connectivity index (χ3n) is 4.69. The van der Waals surface area contributed by atoms with Crippen molar-refractivity contribution in [3.63, 3.8) is 0 Å². The van der Waals surface area contributed by atoms with E-state index in [2.05, 4.69) is 9.89 Å². The number of nitrogens with zero attached hydrogens (tertiary/aromatic N) is 2. The molecule has 132 valence electrons. The van der Waals surface area contributed by atoms with Gasteiger partial charge in [0.25, 0.3) is 0 Å². The molecule has 0 saturated carbocycles. The quantitative estimate of drug-likeness (QED) is 0.772. The molecule has 1 atom stereocenters. The third kappa shape index (κ3) is 3.25. The van der Waals surface area contributed by atoms with E-state index in [0.717, 1.165) is 36.1 Å². The topological polar surface area (TPSA) is 82.4 Å². The molecule has 3 heterocycles. The van der Waals surface area contributed by atoms with Crippen molar-refractivity contribution in [1.82, 2.24) is 4.90 Å². The number of carbonyl (C=O) groups is 1. The van der Waals surface area contributed by atoms with Crippen molar-refractivity contribution in [3.8, 4) is 5.75 Å². The van der Waals surface area contributed by atoms with Crippen molar-refractivity contribution in [2.24, 2.45) is 4.99 Å². The highest BCUT2D eigenvalue weighted by atomic mass is 32.2. The van der Waals surface area contributed by atoms with Gasteiger partial charge in [-0.25, -0.2) is 4.79 Å². The van der Waals surface area contributed by atoms with Crippen molar-refractivity contribution < 1.29 is 19.6 Å². The minimum absolute atomic E-state index is 0.0813. The average molecular weight is 378 g/mol. The molecule has 1 fully saturated rings. The van der Waals surface area contributed by atoms with Gasteiger partial charge in [0, 0.05) is 24.1 Å². The molecule has 1 saturated heterocycles. The van der Waals surface area contributed by atoms with E-state index in [-0.39, 0.29) is 10.7 Å². The molecule has 0 spiro atoms. The van der Waals surface area contributed by atoms with E-state index in [1.807, 2.05) is 23.9 Å². The largest absolute Gasteiger partial charge is 0.536 e. The van der Waals surface area contributed by atoms with E-state index in [1.54, 1.807) is 18.7 Å². The van der Waals surface area contributed by atoms with E-state index >= 15 is 0 Å². The number of likely N-dealkylation sites (tertiary alicyclic amines) is 1. The fraction of sp³-hybridized carbons (Fsp3) is 0.500. The molecule has 3 aliphatic rings. The summed E-state index contributed by atoms with van der Waals surface area (Å²) in [6.07, 6.45) is 0.619. The lowest BCUT2D eigenvalue weighted by atomic mass is 9.77. The normalized spacial score (nSPS) is 23.0. The lowest BCUT2D eigenvalue weighted by Gasteiger charge is -2.42. The van der Waals surface area contributed by atoms with E-state index in [0.29, 0.717) is 23.0 Å². The second kappa shape index (κ2) is 6.77. The molecular weight excluding hydrogens is 359 g/mol. The summed E-state index contributed by atoms with van der Waals surface area (Å²) in [4.78, 5) is 18.3. The van der Waals surface area contributed by atoms with Crippen LogP contribution in [-0.4, -0.2) is 69.1 Å². The average Bonchev–Trinajstić information content (AvgIpc) is 3.04. The Balaban J connectivity index is 1.42. The monoisotopic (exact) mass is 378 g/mol. The van der Waals surface area contributed by atoms with Crippen LogP contribution in [0, 0.1) is 6.92 Å². The zero-order valence-electron chi connectivity index (χ0n) is 13.8. The summed E-state index contributed by atoms with van der Waals surface area (Å²) in [5, 5.41) is 21.3. The molecule has 4 rings (SSSR count). The zero-order chi connectivity index (χ0) is 17.6. The van der Waals surface area contributed by atoms with Gasteiger partial charge in [0.2, 0.25) is 0 Å².